The average molecular weight is 677 g/mol. The van der Waals surface area contributed by atoms with Crippen molar-refractivity contribution in [3.05, 3.63) is 11.6 Å². The van der Waals surface area contributed by atoms with Crippen LogP contribution in [0.3, 0.4) is 0 Å². The number of fused-ring (bicyclic) bond motifs is 2. The van der Waals surface area contributed by atoms with Crippen molar-refractivity contribution >= 4 is 35.8 Å². The first-order valence-electron chi connectivity index (χ1n) is 16.6. The van der Waals surface area contributed by atoms with Crippen LogP contribution in [0.5, 0.6) is 0 Å². The van der Waals surface area contributed by atoms with Gasteiger partial charge in [-0.1, -0.05) is 26.8 Å². The zero-order valence-corrected chi connectivity index (χ0v) is 29.6. The first kappa shape index (κ1) is 35.8. The van der Waals surface area contributed by atoms with Crippen molar-refractivity contribution < 1.29 is 61.9 Å². The van der Waals surface area contributed by atoms with E-state index in [9.17, 15) is 28.8 Å². The third-order valence-corrected chi connectivity index (χ3v) is 11.8. The Morgan fingerprint density at radius 1 is 0.750 bits per heavy atom. The van der Waals surface area contributed by atoms with Gasteiger partial charge in [-0.2, -0.15) is 0 Å². The molecule has 1 heterocycles. The van der Waals surface area contributed by atoms with Crippen molar-refractivity contribution in [3.8, 4) is 0 Å². The number of carbonyl (C=O) groups excluding carboxylic acids is 6. The molecule has 5 fully saturated rings. The largest absolute Gasteiger partial charge is 0.462 e. The molecule has 0 aromatic carbocycles. The van der Waals surface area contributed by atoms with Crippen LogP contribution in [0, 0.1) is 40.4 Å². The molecule has 13 unspecified atom stereocenters. The SMILES string of the molecule is CC=C(C)C(=O)OC1C2C(OC(C)=O)C(C)CC2(OC(C)=O)C(OC(C)=O)C2(C)OC(OC(C)=O)C13C(OC(C)=O)CC1C(C23)C1(C)C. The first-order chi connectivity index (χ1) is 22.2. The van der Waals surface area contributed by atoms with Crippen LogP contribution < -0.4 is 0 Å². The van der Waals surface area contributed by atoms with Gasteiger partial charge in [0.15, 0.2) is 11.7 Å². The van der Waals surface area contributed by atoms with Crippen LogP contribution in [0.15, 0.2) is 11.6 Å². The van der Waals surface area contributed by atoms with E-state index in [-0.39, 0.29) is 29.2 Å². The smallest absolute Gasteiger partial charge is 0.333 e. The number of ether oxygens (including phenoxy) is 7. The van der Waals surface area contributed by atoms with Crippen LogP contribution in [0.1, 0.15) is 89.0 Å². The molecule has 1 aliphatic heterocycles. The Labute approximate surface area is 280 Å². The molecule has 266 valence electrons. The molecule has 2 bridgehead atoms. The minimum Gasteiger partial charge on any atom is -0.462 e. The molecule has 13 heteroatoms. The minimum atomic E-state index is -1.78. The molecule has 5 aliphatic rings. The molecule has 0 radical (unpaired) electrons. The van der Waals surface area contributed by atoms with Crippen molar-refractivity contribution in [1.29, 1.82) is 0 Å². The Balaban J connectivity index is 1.96. The van der Waals surface area contributed by atoms with Gasteiger partial charge in [-0.05, 0) is 56.8 Å². The van der Waals surface area contributed by atoms with E-state index in [0.717, 1.165) is 0 Å². The zero-order valence-electron chi connectivity index (χ0n) is 29.6. The number of hydrogen-bond acceptors (Lipinski definition) is 13. The van der Waals surface area contributed by atoms with Crippen LogP contribution in [-0.4, -0.2) is 77.7 Å². The summed E-state index contributed by atoms with van der Waals surface area (Å²) >= 11 is 0. The Kier molecular flexibility index (Phi) is 8.83. The lowest BCUT2D eigenvalue weighted by molar-refractivity contribution is -0.292. The molecule has 5 rings (SSSR count). The summed E-state index contributed by atoms with van der Waals surface area (Å²) in [4.78, 5) is 78.8. The summed E-state index contributed by atoms with van der Waals surface area (Å²) in [7, 11) is 0. The zero-order chi connectivity index (χ0) is 35.9. The van der Waals surface area contributed by atoms with Crippen molar-refractivity contribution in [3.63, 3.8) is 0 Å². The van der Waals surface area contributed by atoms with E-state index in [1.807, 2.05) is 0 Å². The third-order valence-electron chi connectivity index (χ3n) is 11.8. The summed E-state index contributed by atoms with van der Waals surface area (Å²) in [5.41, 5.74) is -5.12. The second kappa shape index (κ2) is 11.8. The summed E-state index contributed by atoms with van der Waals surface area (Å²) in [6.07, 6.45) is -4.49. The van der Waals surface area contributed by atoms with Gasteiger partial charge in [-0.3, -0.25) is 24.0 Å². The van der Waals surface area contributed by atoms with Crippen LogP contribution in [0.2, 0.25) is 0 Å². The fourth-order valence-electron chi connectivity index (χ4n) is 10.3. The van der Waals surface area contributed by atoms with Gasteiger partial charge < -0.3 is 33.2 Å². The Morgan fingerprint density at radius 2 is 1.33 bits per heavy atom. The second-order valence-electron chi connectivity index (χ2n) is 15.1. The predicted molar refractivity (Wildman–Crippen MR) is 164 cm³/mol. The maximum Gasteiger partial charge on any atom is 0.333 e. The minimum absolute atomic E-state index is 0.0172. The van der Waals surface area contributed by atoms with Gasteiger partial charge in [-0.25, -0.2) is 4.79 Å². The fraction of sp³-hybridized carbons (Fsp3) is 0.771. The van der Waals surface area contributed by atoms with Gasteiger partial charge in [0.05, 0.1) is 5.92 Å². The highest BCUT2D eigenvalue weighted by atomic mass is 16.7. The van der Waals surface area contributed by atoms with Crippen molar-refractivity contribution in [1.82, 2.24) is 0 Å². The molecule has 0 aromatic rings. The topological polar surface area (TPSA) is 167 Å². The monoisotopic (exact) mass is 676 g/mol. The molecular formula is C35H48O13. The van der Waals surface area contributed by atoms with Crippen LogP contribution in [0.4, 0.5) is 0 Å². The third kappa shape index (κ3) is 5.13. The Bertz CT molecular complexity index is 1450. The van der Waals surface area contributed by atoms with E-state index in [0.29, 0.717) is 6.42 Å². The molecule has 0 amide bonds. The molecule has 13 atom stereocenters. The van der Waals surface area contributed by atoms with Gasteiger partial charge in [0.25, 0.3) is 0 Å². The average Bonchev–Trinajstić information content (AvgIpc) is 3.24. The van der Waals surface area contributed by atoms with Gasteiger partial charge >= 0.3 is 35.8 Å². The molecule has 0 N–H and O–H groups in total. The molecule has 0 spiro atoms. The van der Waals surface area contributed by atoms with Crippen LogP contribution in [0.25, 0.3) is 0 Å². The van der Waals surface area contributed by atoms with Gasteiger partial charge in [0.1, 0.15) is 29.3 Å². The highest BCUT2D eigenvalue weighted by Gasteiger charge is 2.89. The molecule has 0 aromatic heterocycles. The molecule has 1 saturated heterocycles. The predicted octanol–water partition coefficient (Wildman–Crippen LogP) is 3.59. The van der Waals surface area contributed by atoms with E-state index in [4.69, 9.17) is 33.2 Å². The van der Waals surface area contributed by atoms with Crippen LogP contribution in [-0.2, 0) is 61.9 Å². The summed E-state index contributed by atoms with van der Waals surface area (Å²) in [5.74, 6) is -6.85. The summed E-state index contributed by atoms with van der Waals surface area (Å²) < 4.78 is 44.1. The van der Waals surface area contributed by atoms with E-state index >= 15 is 0 Å². The lowest BCUT2D eigenvalue weighted by Gasteiger charge is -2.52. The first-order valence-corrected chi connectivity index (χ1v) is 16.6. The molecule has 4 saturated carbocycles. The van der Waals surface area contributed by atoms with E-state index in [2.05, 4.69) is 13.8 Å². The van der Waals surface area contributed by atoms with Crippen molar-refractivity contribution in [2.75, 3.05) is 0 Å². The maximum absolute atomic E-state index is 14.0. The highest BCUT2D eigenvalue weighted by Crippen LogP contribution is 2.80. The standard InChI is InChI=1S/C35H48O13/c1-12-15(2)29(41)46-28-25-26(43-18(5)37)16(3)14-34(25,47-21(8)40)30(44-19(6)38)33(11)27-24-22(32(24,9)10)13-23(42-17(4)36)35(27,28)31(48-33)45-20(7)39/h12,16,22-28,30-31H,13-14H2,1-11H3. The number of hydrogen-bond donors (Lipinski definition) is 0. The fourth-order valence-corrected chi connectivity index (χ4v) is 10.3. The molecular weight excluding hydrogens is 628 g/mol. The van der Waals surface area contributed by atoms with E-state index in [1.54, 1.807) is 33.8 Å². The van der Waals surface area contributed by atoms with Crippen LogP contribution >= 0.6 is 0 Å². The number of rotatable bonds is 7. The number of esters is 6. The highest BCUT2D eigenvalue weighted by molar-refractivity contribution is 5.88. The molecule has 48 heavy (non-hydrogen) atoms. The number of carbonyl (C=O) groups is 6. The molecule has 13 nitrogen and oxygen atoms in total. The van der Waals surface area contributed by atoms with E-state index < -0.39 is 101 Å². The number of allylic oxidation sites excluding steroid dienone is 1. The van der Waals surface area contributed by atoms with Crippen molar-refractivity contribution in [2.45, 2.75) is 131 Å². The maximum atomic E-state index is 14.0. The molecule has 4 aliphatic carbocycles. The van der Waals surface area contributed by atoms with Gasteiger partial charge in [0, 0.05) is 46.1 Å². The van der Waals surface area contributed by atoms with Gasteiger partial charge in [-0.15, -0.1) is 0 Å². The lowest BCUT2D eigenvalue weighted by atomic mass is 9.56. The summed E-state index contributed by atoms with van der Waals surface area (Å²) in [6.45, 7) is 17.0. The second-order valence-corrected chi connectivity index (χ2v) is 15.1. The lowest BCUT2D eigenvalue weighted by Crippen LogP contribution is -2.66. The quantitative estimate of drug-likeness (QED) is 0.218. The Morgan fingerprint density at radius 3 is 1.85 bits per heavy atom. The Hall–Kier alpha value is -3.48. The van der Waals surface area contributed by atoms with Crippen molar-refractivity contribution in [2.24, 2.45) is 40.4 Å². The summed E-state index contributed by atoms with van der Waals surface area (Å²) in [6, 6.07) is 0. The normalized spacial score (nSPS) is 43.3. The van der Waals surface area contributed by atoms with Gasteiger partial charge in [0.2, 0.25) is 6.29 Å². The summed E-state index contributed by atoms with van der Waals surface area (Å²) in [5, 5.41) is 0. The van der Waals surface area contributed by atoms with E-state index in [1.165, 1.54) is 34.6 Å².